The zero-order chi connectivity index (χ0) is 19.3. The predicted octanol–water partition coefficient (Wildman–Crippen LogP) is 3.41. The van der Waals surface area contributed by atoms with Crippen LogP contribution in [0.5, 0.6) is 0 Å². The van der Waals surface area contributed by atoms with E-state index >= 15 is 0 Å². The highest BCUT2D eigenvalue weighted by atomic mass is 19.1. The lowest BCUT2D eigenvalue weighted by molar-refractivity contribution is -0.131. The molecule has 1 atom stereocenters. The van der Waals surface area contributed by atoms with Crippen molar-refractivity contribution in [2.24, 2.45) is 0 Å². The van der Waals surface area contributed by atoms with Crippen LogP contribution in [0, 0.1) is 5.82 Å². The second-order valence-corrected chi connectivity index (χ2v) is 7.22. The van der Waals surface area contributed by atoms with Gasteiger partial charge in [0.05, 0.1) is 18.7 Å². The van der Waals surface area contributed by atoms with Crippen LogP contribution in [-0.2, 0) is 17.8 Å². The second kappa shape index (κ2) is 8.33. The van der Waals surface area contributed by atoms with E-state index in [1.807, 2.05) is 35.5 Å². The molecule has 3 aromatic rings. The molecular formula is C22H23FN4O. The van der Waals surface area contributed by atoms with Crippen molar-refractivity contribution in [2.75, 3.05) is 13.1 Å². The Kier molecular flexibility index (Phi) is 5.46. The zero-order valence-corrected chi connectivity index (χ0v) is 15.7. The van der Waals surface area contributed by atoms with Gasteiger partial charge in [-0.3, -0.25) is 9.78 Å². The molecule has 2 aromatic heterocycles. The van der Waals surface area contributed by atoms with Crippen molar-refractivity contribution in [1.29, 1.82) is 0 Å². The lowest BCUT2D eigenvalue weighted by Gasteiger charge is -2.33. The van der Waals surface area contributed by atoms with Gasteiger partial charge in [-0.1, -0.05) is 18.2 Å². The molecule has 28 heavy (non-hydrogen) atoms. The third-order valence-electron chi connectivity index (χ3n) is 5.21. The number of imidazole rings is 1. The van der Waals surface area contributed by atoms with Gasteiger partial charge in [0.15, 0.2) is 0 Å². The van der Waals surface area contributed by atoms with E-state index in [0.29, 0.717) is 19.5 Å². The molecule has 0 bridgehead atoms. The number of pyridine rings is 1. The van der Waals surface area contributed by atoms with E-state index in [2.05, 4.69) is 14.5 Å². The summed E-state index contributed by atoms with van der Waals surface area (Å²) in [6.07, 6.45) is 7.86. The molecule has 1 aromatic carbocycles. The van der Waals surface area contributed by atoms with Gasteiger partial charge in [-0.2, -0.15) is 0 Å². The van der Waals surface area contributed by atoms with Gasteiger partial charge >= 0.3 is 0 Å². The number of rotatable bonds is 5. The van der Waals surface area contributed by atoms with Crippen LogP contribution >= 0.6 is 0 Å². The Morgan fingerprint density at radius 3 is 2.75 bits per heavy atom. The Labute approximate surface area is 163 Å². The van der Waals surface area contributed by atoms with E-state index in [4.69, 9.17) is 0 Å². The minimum absolute atomic E-state index is 0.0825. The van der Waals surface area contributed by atoms with Gasteiger partial charge in [0.2, 0.25) is 5.91 Å². The number of hydrogen-bond donors (Lipinski definition) is 0. The summed E-state index contributed by atoms with van der Waals surface area (Å²) < 4.78 is 15.2. The number of carbonyl (C=O) groups is 1. The van der Waals surface area contributed by atoms with E-state index in [0.717, 1.165) is 36.5 Å². The average molecular weight is 378 g/mol. The molecule has 1 saturated heterocycles. The van der Waals surface area contributed by atoms with Crippen molar-refractivity contribution in [3.8, 4) is 0 Å². The molecule has 0 radical (unpaired) electrons. The Bertz CT molecular complexity index is 923. The quantitative estimate of drug-likeness (QED) is 0.684. The van der Waals surface area contributed by atoms with Crippen molar-refractivity contribution in [2.45, 2.75) is 31.7 Å². The van der Waals surface area contributed by atoms with Crippen molar-refractivity contribution in [1.82, 2.24) is 19.4 Å². The van der Waals surface area contributed by atoms with E-state index in [-0.39, 0.29) is 17.6 Å². The Balaban J connectivity index is 1.43. The number of hydrogen-bond acceptors (Lipinski definition) is 3. The SMILES string of the molecule is O=C(Cc1ccc(F)cc1)N1CCCC(c2nccn2Cc2ccccn2)C1. The molecule has 1 aliphatic rings. The highest BCUT2D eigenvalue weighted by molar-refractivity contribution is 5.79. The minimum Gasteiger partial charge on any atom is -0.342 e. The van der Waals surface area contributed by atoms with Crippen molar-refractivity contribution in [3.05, 3.63) is 84.0 Å². The lowest BCUT2D eigenvalue weighted by atomic mass is 9.96. The first-order chi connectivity index (χ1) is 13.7. The van der Waals surface area contributed by atoms with Gasteiger partial charge in [-0.15, -0.1) is 0 Å². The number of benzene rings is 1. The van der Waals surface area contributed by atoms with E-state index in [1.165, 1.54) is 12.1 Å². The van der Waals surface area contributed by atoms with Gasteiger partial charge in [0.25, 0.3) is 0 Å². The minimum atomic E-state index is -0.283. The highest BCUT2D eigenvalue weighted by Gasteiger charge is 2.27. The van der Waals surface area contributed by atoms with Crippen molar-refractivity contribution < 1.29 is 9.18 Å². The number of aromatic nitrogens is 3. The fourth-order valence-electron chi connectivity index (χ4n) is 3.78. The summed E-state index contributed by atoms with van der Waals surface area (Å²) in [4.78, 5) is 23.6. The number of carbonyl (C=O) groups excluding carboxylic acids is 1. The number of halogens is 1. The molecule has 144 valence electrons. The van der Waals surface area contributed by atoms with Gasteiger partial charge < -0.3 is 9.47 Å². The highest BCUT2D eigenvalue weighted by Crippen LogP contribution is 2.26. The third-order valence-corrected chi connectivity index (χ3v) is 5.21. The summed E-state index contributed by atoms with van der Waals surface area (Å²) in [6, 6.07) is 12.0. The second-order valence-electron chi connectivity index (χ2n) is 7.22. The molecule has 0 spiro atoms. The van der Waals surface area contributed by atoms with Gasteiger partial charge in [0, 0.05) is 37.6 Å². The molecule has 0 saturated carbocycles. The summed E-state index contributed by atoms with van der Waals surface area (Å²) in [5.74, 6) is 1.02. The molecule has 1 aliphatic heterocycles. The van der Waals surface area contributed by atoms with Crippen LogP contribution in [-0.4, -0.2) is 38.4 Å². The van der Waals surface area contributed by atoms with Crippen LogP contribution in [0.15, 0.2) is 61.1 Å². The van der Waals surface area contributed by atoms with Crippen molar-refractivity contribution >= 4 is 5.91 Å². The molecule has 5 nitrogen and oxygen atoms in total. The molecule has 0 aliphatic carbocycles. The maximum atomic E-state index is 13.1. The first kappa shape index (κ1) is 18.3. The van der Waals surface area contributed by atoms with Crippen LogP contribution in [0.2, 0.25) is 0 Å². The van der Waals surface area contributed by atoms with Crippen LogP contribution in [0.4, 0.5) is 4.39 Å². The lowest BCUT2D eigenvalue weighted by Crippen LogP contribution is -2.40. The smallest absolute Gasteiger partial charge is 0.227 e. The Morgan fingerprint density at radius 2 is 1.96 bits per heavy atom. The summed E-state index contributed by atoms with van der Waals surface area (Å²) in [5, 5.41) is 0. The first-order valence-corrected chi connectivity index (χ1v) is 9.62. The summed E-state index contributed by atoms with van der Waals surface area (Å²) in [6.45, 7) is 2.10. The molecule has 0 N–H and O–H groups in total. The molecular weight excluding hydrogens is 355 g/mol. The summed E-state index contributed by atoms with van der Waals surface area (Å²) in [7, 11) is 0. The van der Waals surface area contributed by atoms with Crippen molar-refractivity contribution in [3.63, 3.8) is 0 Å². The largest absolute Gasteiger partial charge is 0.342 e. The van der Waals surface area contributed by atoms with E-state index in [1.54, 1.807) is 18.3 Å². The molecule has 1 unspecified atom stereocenters. The van der Waals surface area contributed by atoms with Gasteiger partial charge in [-0.25, -0.2) is 9.37 Å². The molecule has 1 fully saturated rings. The molecule has 6 heteroatoms. The topological polar surface area (TPSA) is 51.0 Å². The summed E-state index contributed by atoms with van der Waals surface area (Å²) >= 11 is 0. The van der Waals surface area contributed by atoms with Crippen LogP contribution in [0.3, 0.4) is 0 Å². The predicted molar refractivity (Wildman–Crippen MR) is 104 cm³/mol. The van der Waals surface area contributed by atoms with Crippen LogP contribution in [0.1, 0.15) is 35.8 Å². The number of likely N-dealkylation sites (tertiary alicyclic amines) is 1. The van der Waals surface area contributed by atoms with Gasteiger partial charge in [-0.05, 0) is 42.7 Å². The number of nitrogens with zero attached hydrogens (tertiary/aromatic N) is 4. The van der Waals surface area contributed by atoms with E-state index in [9.17, 15) is 9.18 Å². The third kappa shape index (κ3) is 4.27. The molecule has 4 rings (SSSR count). The van der Waals surface area contributed by atoms with Gasteiger partial charge in [0.1, 0.15) is 11.6 Å². The summed E-state index contributed by atoms with van der Waals surface area (Å²) in [5.41, 5.74) is 1.83. The monoisotopic (exact) mass is 378 g/mol. The number of amides is 1. The Hall–Kier alpha value is -3.02. The maximum absolute atomic E-state index is 13.1. The average Bonchev–Trinajstić information content (AvgIpc) is 3.19. The Morgan fingerprint density at radius 1 is 1.11 bits per heavy atom. The molecule has 1 amide bonds. The van der Waals surface area contributed by atoms with Crippen LogP contribution in [0.25, 0.3) is 0 Å². The number of piperidine rings is 1. The molecule has 3 heterocycles. The first-order valence-electron chi connectivity index (χ1n) is 9.62. The normalized spacial score (nSPS) is 16.9. The zero-order valence-electron chi connectivity index (χ0n) is 15.7. The standard InChI is InChI=1S/C22H23FN4O/c23-19-8-6-17(7-9-19)14-21(28)26-12-3-4-18(15-26)22-25-11-13-27(22)16-20-5-1-2-10-24-20/h1-2,5-11,13,18H,3-4,12,14-16H2. The maximum Gasteiger partial charge on any atom is 0.227 e. The fraction of sp³-hybridized carbons (Fsp3) is 0.318. The fourth-order valence-corrected chi connectivity index (χ4v) is 3.78. The van der Waals surface area contributed by atoms with Crippen LogP contribution < -0.4 is 0 Å². The van der Waals surface area contributed by atoms with E-state index < -0.39 is 0 Å².